The second-order valence-corrected chi connectivity index (χ2v) is 6.72. The van der Waals surface area contributed by atoms with Gasteiger partial charge in [-0.15, -0.1) is 0 Å². The fourth-order valence-corrected chi connectivity index (χ4v) is 0.846. The molecule has 168 valence electrons. The van der Waals surface area contributed by atoms with Gasteiger partial charge in [0.15, 0.2) is 0 Å². The maximum atomic E-state index is 9.98. The molecule has 0 aliphatic rings. The first-order valence-electron chi connectivity index (χ1n) is 7.84. The van der Waals surface area contributed by atoms with Gasteiger partial charge in [-0.3, -0.25) is 24.1 Å². The zero-order valence-electron chi connectivity index (χ0n) is 16.9. The van der Waals surface area contributed by atoms with Crippen LogP contribution < -0.4 is 16.8 Å². The van der Waals surface area contributed by atoms with Gasteiger partial charge in [0, 0.05) is 11.3 Å². The Balaban J connectivity index is -0.000000140. The number of hydrogen-bond donors (Lipinski definition) is 8. The summed E-state index contributed by atoms with van der Waals surface area (Å²) >= 11 is 3.65. The van der Waals surface area contributed by atoms with Gasteiger partial charge >= 0.3 is 23.9 Å². The summed E-state index contributed by atoms with van der Waals surface area (Å²) in [5.74, 6) is -3.38. The summed E-state index contributed by atoms with van der Waals surface area (Å²) in [7, 11) is 3.43. The van der Waals surface area contributed by atoms with Crippen LogP contribution in [0.15, 0.2) is 0 Å². The Morgan fingerprint density at radius 3 is 1.43 bits per heavy atom. The largest absolute Gasteiger partial charge is 0.480 e. The molecule has 0 saturated carbocycles. The Hall–Kier alpha value is -1.93. The van der Waals surface area contributed by atoms with Crippen LogP contribution in [0.2, 0.25) is 0 Å². The Kier molecular flexibility index (Phi) is 23.8. The first-order chi connectivity index (χ1) is 12.5. The van der Waals surface area contributed by atoms with E-state index in [9.17, 15) is 19.2 Å². The molecule has 0 bridgehead atoms. The van der Waals surface area contributed by atoms with E-state index < -0.39 is 29.9 Å². The van der Waals surface area contributed by atoms with Crippen LogP contribution in [0, 0.1) is 0 Å². The molecule has 0 spiro atoms. The molecule has 0 aromatic heterocycles. The van der Waals surface area contributed by atoms with E-state index in [-0.39, 0.29) is 30.9 Å². The maximum absolute atomic E-state index is 9.98. The van der Waals surface area contributed by atoms with Crippen LogP contribution in [0.25, 0.3) is 0 Å². The van der Waals surface area contributed by atoms with E-state index in [2.05, 4.69) is 23.7 Å². The van der Waals surface area contributed by atoms with E-state index in [0.717, 1.165) is 0 Å². The number of rotatable bonds is 7. The zero-order chi connectivity index (χ0) is 23.5. The van der Waals surface area contributed by atoms with Gasteiger partial charge in [0.2, 0.25) is 0 Å². The van der Waals surface area contributed by atoms with E-state index in [0.29, 0.717) is 0 Å². The Bertz CT molecular complexity index is 456. The number of nitrogens with one attached hydrogen (secondary N) is 1. The summed E-state index contributed by atoms with van der Waals surface area (Å²) in [4.78, 5) is 40.4. The molecule has 1 atom stereocenters. The van der Waals surface area contributed by atoms with Crippen molar-refractivity contribution in [2.24, 2.45) is 11.5 Å². The van der Waals surface area contributed by atoms with Gasteiger partial charge in [-0.1, -0.05) is 0 Å². The van der Waals surface area contributed by atoms with E-state index >= 15 is 0 Å². The van der Waals surface area contributed by atoms with Crippen molar-refractivity contribution in [1.82, 2.24) is 10.2 Å². The highest BCUT2D eigenvalue weighted by Gasteiger charge is 2.09. The normalized spacial score (nSPS) is 10.8. The predicted molar refractivity (Wildman–Crippen MR) is 108 cm³/mol. The molecule has 9 N–H and O–H groups in total. The highest BCUT2D eigenvalue weighted by atomic mass is 32.1. The molecule has 0 amide bonds. The number of carboxylic acid groups (broad SMARTS) is 4. The van der Waals surface area contributed by atoms with Crippen molar-refractivity contribution in [3.05, 3.63) is 0 Å². The first kappa shape index (κ1) is 33.6. The number of aliphatic carboxylic acids is 4. The molecule has 0 heterocycles. The molecule has 13 heteroatoms. The topological polar surface area (TPSA) is 217 Å². The molecule has 0 fully saturated rings. The van der Waals surface area contributed by atoms with Gasteiger partial charge in [-0.25, -0.2) is 0 Å². The maximum Gasteiger partial charge on any atom is 0.321 e. The van der Waals surface area contributed by atoms with Crippen LogP contribution in [-0.4, -0.2) is 100 Å². The quantitative estimate of drug-likeness (QED) is 0.215. The van der Waals surface area contributed by atoms with Gasteiger partial charge in [0.25, 0.3) is 0 Å². The Morgan fingerprint density at radius 1 is 1.00 bits per heavy atom. The van der Waals surface area contributed by atoms with Gasteiger partial charge in [-0.2, -0.15) is 12.6 Å². The number of likely N-dealkylation sites (N-methyl/N-ethyl adjacent to an activating group) is 1. The fourth-order valence-electron chi connectivity index (χ4n) is 0.689. The van der Waals surface area contributed by atoms with Gasteiger partial charge < -0.3 is 37.2 Å². The summed E-state index contributed by atoms with van der Waals surface area (Å²) in [5, 5.41) is 34.7. The molecule has 0 saturated heterocycles. The van der Waals surface area contributed by atoms with Crippen molar-refractivity contribution in [3.63, 3.8) is 0 Å². The number of nitrogens with zero attached hydrogens (tertiary/aromatic N) is 1. The summed E-state index contributed by atoms with van der Waals surface area (Å²) < 4.78 is 0. The lowest BCUT2D eigenvalue weighted by Crippen LogP contribution is -2.39. The smallest absolute Gasteiger partial charge is 0.321 e. The third kappa shape index (κ3) is 49.6. The predicted octanol–water partition coefficient (Wildman–Crippen LogP) is -1.55. The summed E-state index contributed by atoms with van der Waals surface area (Å²) in [6, 6.07) is -0.816. The van der Waals surface area contributed by atoms with Crippen LogP contribution in [0.4, 0.5) is 0 Å². The van der Waals surface area contributed by atoms with Crippen molar-refractivity contribution < 1.29 is 39.6 Å². The molecular formula is C15H34N4O8S. The van der Waals surface area contributed by atoms with Gasteiger partial charge in [0.05, 0.1) is 19.6 Å². The number of hydrogen-bond acceptors (Lipinski definition) is 9. The number of thiol groups is 1. The molecule has 12 nitrogen and oxygen atoms in total. The van der Waals surface area contributed by atoms with Crippen molar-refractivity contribution >= 4 is 36.5 Å². The Labute approximate surface area is 170 Å². The summed E-state index contributed by atoms with van der Waals surface area (Å²) in [6.45, 7) is 5.64. The van der Waals surface area contributed by atoms with Gasteiger partial charge in [-0.05, 0) is 34.9 Å². The molecule has 0 aliphatic carbocycles. The highest BCUT2D eigenvalue weighted by molar-refractivity contribution is 7.80. The highest BCUT2D eigenvalue weighted by Crippen LogP contribution is 1.96. The molecule has 0 aliphatic heterocycles. The van der Waals surface area contributed by atoms with Crippen molar-refractivity contribution in [2.45, 2.75) is 32.4 Å². The lowest BCUT2D eigenvalue weighted by atomic mass is 10.1. The third-order valence-electron chi connectivity index (χ3n) is 1.91. The second-order valence-electron chi connectivity index (χ2n) is 6.35. The first-order valence-corrected chi connectivity index (χ1v) is 8.47. The van der Waals surface area contributed by atoms with Crippen molar-refractivity contribution in [3.8, 4) is 0 Å². The molecule has 0 rings (SSSR count). The molecular weight excluding hydrogens is 396 g/mol. The number of carbonyl (C=O) groups is 4. The SMILES string of the molecule is CC(C)(C)NCC(=O)O.CN(C)CC(=O)O.NCC(=O)O.N[C@@H](CS)C(=O)O. The summed E-state index contributed by atoms with van der Waals surface area (Å²) in [5.41, 5.74) is 9.41. The van der Waals surface area contributed by atoms with E-state index in [4.69, 9.17) is 26.2 Å². The minimum absolute atomic E-state index is 0.0312. The molecule has 28 heavy (non-hydrogen) atoms. The minimum Gasteiger partial charge on any atom is -0.480 e. The lowest BCUT2D eigenvalue weighted by Gasteiger charge is -2.18. The fraction of sp³-hybridized carbons (Fsp3) is 0.733. The zero-order valence-corrected chi connectivity index (χ0v) is 17.8. The summed E-state index contributed by atoms with van der Waals surface area (Å²) in [6.07, 6.45) is 0. The monoisotopic (exact) mass is 430 g/mol. The minimum atomic E-state index is -1.00. The van der Waals surface area contributed by atoms with Crippen molar-refractivity contribution in [1.29, 1.82) is 0 Å². The van der Waals surface area contributed by atoms with Crippen LogP contribution in [-0.2, 0) is 19.2 Å². The molecule has 0 unspecified atom stereocenters. The van der Waals surface area contributed by atoms with E-state index in [1.54, 1.807) is 19.0 Å². The number of carboxylic acids is 4. The van der Waals surface area contributed by atoms with Crippen LogP contribution in [0.5, 0.6) is 0 Å². The molecule has 0 radical (unpaired) electrons. The van der Waals surface area contributed by atoms with E-state index in [1.165, 1.54) is 0 Å². The third-order valence-corrected chi connectivity index (χ3v) is 2.30. The van der Waals surface area contributed by atoms with E-state index in [1.807, 2.05) is 20.8 Å². The average molecular weight is 431 g/mol. The Morgan fingerprint density at radius 2 is 1.39 bits per heavy atom. The second kappa shape index (κ2) is 19.8. The van der Waals surface area contributed by atoms with Gasteiger partial charge in [0.1, 0.15) is 6.04 Å². The molecule has 0 aromatic carbocycles. The average Bonchev–Trinajstić information content (AvgIpc) is 2.51. The van der Waals surface area contributed by atoms with Crippen LogP contribution in [0.1, 0.15) is 20.8 Å². The lowest BCUT2D eigenvalue weighted by molar-refractivity contribution is -0.138. The molecule has 0 aromatic rings. The van der Waals surface area contributed by atoms with Crippen molar-refractivity contribution in [2.75, 3.05) is 39.5 Å². The van der Waals surface area contributed by atoms with Crippen LogP contribution >= 0.6 is 12.6 Å². The number of nitrogens with two attached hydrogens (primary N) is 2. The van der Waals surface area contributed by atoms with Crippen LogP contribution in [0.3, 0.4) is 0 Å². The standard InChI is InChI=1S/C6H13NO2.C4H9NO2.C3H7NO2S.C2H5NO2/c1-6(2,3)7-4-5(8)9;1-5(2)3-4(6)7;4-2(1-7)3(5)6;3-1-2(4)5/h7H,4H2,1-3H3,(H,8,9);3H2,1-2H3,(H,6,7);2,7H,1,4H2,(H,5,6);1,3H2,(H,4,5)/t;;2-;/m..0./s1.